The molecule has 3 rings (SSSR count). The first-order valence-corrected chi connectivity index (χ1v) is 9.09. The second kappa shape index (κ2) is 5.83. The number of halogens is 2. The van der Waals surface area contributed by atoms with Crippen LogP contribution in [0.1, 0.15) is 43.0 Å². The average molecular weight is 344 g/mol. The maximum Gasteiger partial charge on any atom is 0.257 e. The summed E-state index contributed by atoms with van der Waals surface area (Å²) in [5.74, 6) is -3.04. The van der Waals surface area contributed by atoms with E-state index in [-0.39, 0.29) is 12.1 Å². The van der Waals surface area contributed by atoms with Crippen molar-refractivity contribution in [1.82, 2.24) is 10.0 Å². The van der Waals surface area contributed by atoms with Gasteiger partial charge in [0.05, 0.1) is 0 Å². The number of hydrogen-bond donors (Lipinski definition) is 2. The first kappa shape index (κ1) is 16.3. The van der Waals surface area contributed by atoms with Crippen LogP contribution in [0.25, 0.3) is 0 Å². The molecule has 1 amide bonds. The Morgan fingerprint density at radius 3 is 2.43 bits per heavy atom. The van der Waals surface area contributed by atoms with Crippen LogP contribution in [0.15, 0.2) is 17.0 Å². The third kappa shape index (κ3) is 3.53. The maximum atomic E-state index is 14.5. The molecule has 2 fully saturated rings. The van der Waals surface area contributed by atoms with E-state index in [2.05, 4.69) is 10.0 Å². The molecule has 0 saturated heterocycles. The van der Waals surface area contributed by atoms with Gasteiger partial charge >= 0.3 is 0 Å². The molecular formula is C15H18F2N2O3S. The lowest BCUT2D eigenvalue weighted by atomic mass is 10.1. The summed E-state index contributed by atoms with van der Waals surface area (Å²) in [4.78, 5) is 11.4. The van der Waals surface area contributed by atoms with Crippen LogP contribution in [-0.4, -0.2) is 26.4 Å². The van der Waals surface area contributed by atoms with Crippen LogP contribution in [0.4, 0.5) is 8.78 Å². The molecule has 2 saturated carbocycles. The molecule has 0 heterocycles. The van der Waals surface area contributed by atoms with Gasteiger partial charge in [-0.3, -0.25) is 4.79 Å². The largest absolute Gasteiger partial charge is 0.349 e. The van der Waals surface area contributed by atoms with Crippen molar-refractivity contribution in [2.75, 3.05) is 0 Å². The zero-order valence-corrected chi connectivity index (χ0v) is 13.4. The van der Waals surface area contributed by atoms with E-state index >= 15 is 0 Å². The molecule has 1 aromatic rings. The zero-order valence-electron chi connectivity index (χ0n) is 12.6. The predicted molar refractivity (Wildman–Crippen MR) is 79.4 cm³/mol. The van der Waals surface area contributed by atoms with Gasteiger partial charge < -0.3 is 5.32 Å². The highest BCUT2D eigenvalue weighted by molar-refractivity contribution is 7.89. The number of carbonyl (C=O) groups is 1. The SMILES string of the molecule is C[C@H](NC(=O)c1c(F)ccc(S(=O)(=O)NC2CC2)c1F)C1CC1. The van der Waals surface area contributed by atoms with Gasteiger partial charge in [0.25, 0.3) is 5.91 Å². The third-order valence-electron chi connectivity index (χ3n) is 4.16. The summed E-state index contributed by atoms with van der Waals surface area (Å²) in [6.45, 7) is 1.76. The van der Waals surface area contributed by atoms with E-state index in [1.54, 1.807) is 6.92 Å². The van der Waals surface area contributed by atoms with Crippen LogP contribution in [0.3, 0.4) is 0 Å². The van der Waals surface area contributed by atoms with E-state index in [0.29, 0.717) is 18.8 Å². The molecule has 2 N–H and O–H groups in total. The molecule has 23 heavy (non-hydrogen) atoms. The van der Waals surface area contributed by atoms with Gasteiger partial charge in [-0.1, -0.05) is 0 Å². The summed E-state index contributed by atoms with van der Waals surface area (Å²) in [6.07, 6.45) is 3.31. The molecule has 5 nitrogen and oxygen atoms in total. The van der Waals surface area contributed by atoms with E-state index in [0.717, 1.165) is 25.0 Å². The van der Waals surface area contributed by atoms with Crippen LogP contribution in [-0.2, 0) is 10.0 Å². The number of hydrogen-bond acceptors (Lipinski definition) is 3. The van der Waals surface area contributed by atoms with Gasteiger partial charge in [-0.15, -0.1) is 0 Å². The van der Waals surface area contributed by atoms with Gasteiger partial charge in [-0.2, -0.15) is 0 Å². The van der Waals surface area contributed by atoms with Gasteiger partial charge in [0, 0.05) is 12.1 Å². The molecule has 2 aliphatic carbocycles. The summed E-state index contributed by atoms with van der Waals surface area (Å²) >= 11 is 0. The monoisotopic (exact) mass is 344 g/mol. The Labute approximate surface area is 133 Å². The summed E-state index contributed by atoms with van der Waals surface area (Å²) < 4.78 is 55.0. The van der Waals surface area contributed by atoms with E-state index in [4.69, 9.17) is 0 Å². The van der Waals surface area contributed by atoms with E-state index in [9.17, 15) is 22.0 Å². The van der Waals surface area contributed by atoms with Crippen molar-refractivity contribution < 1.29 is 22.0 Å². The number of amides is 1. The summed E-state index contributed by atoms with van der Waals surface area (Å²) in [7, 11) is -4.10. The number of benzene rings is 1. The Kier molecular flexibility index (Phi) is 4.14. The second-order valence-corrected chi connectivity index (χ2v) is 7.91. The molecule has 8 heteroatoms. The summed E-state index contributed by atoms with van der Waals surface area (Å²) in [5, 5.41) is 2.54. The van der Waals surface area contributed by atoms with Crippen LogP contribution in [0, 0.1) is 17.6 Å². The van der Waals surface area contributed by atoms with Crippen molar-refractivity contribution in [3.8, 4) is 0 Å². The fourth-order valence-corrected chi connectivity index (χ4v) is 3.81. The van der Waals surface area contributed by atoms with Gasteiger partial charge in [-0.05, 0) is 50.7 Å². The van der Waals surface area contributed by atoms with Crippen molar-refractivity contribution in [3.63, 3.8) is 0 Å². The van der Waals surface area contributed by atoms with Crippen molar-refractivity contribution in [2.45, 2.75) is 49.6 Å². The van der Waals surface area contributed by atoms with Gasteiger partial charge in [-0.25, -0.2) is 21.9 Å². The Balaban J connectivity index is 1.90. The molecule has 126 valence electrons. The highest BCUT2D eigenvalue weighted by Crippen LogP contribution is 2.32. The minimum absolute atomic E-state index is 0.203. The summed E-state index contributed by atoms with van der Waals surface area (Å²) in [5.41, 5.74) is -0.851. The lowest BCUT2D eigenvalue weighted by Gasteiger charge is -2.15. The lowest BCUT2D eigenvalue weighted by molar-refractivity contribution is 0.0926. The molecule has 0 radical (unpaired) electrons. The van der Waals surface area contributed by atoms with Gasteiger partial charge in [0.1, 0.15) is 16.3 Å². The van der Waals surface area contributed by atoms with Gasteiger partial charge in [0.2, 0.25) is 10.0 Å². The van der Waals surface area contributed by atoms with Crippen LogP contribution in [0.2, 0.25) is 0 Å². The Morgan fingerprint density at radius 2 is 1.87 bits per heavy atom. The number of rotatable bonds is 6. The fourth-order valence-electron chi connectivity index (χ4n) is 2.43. The average Bonchev–Trinajstić information content (AvgIpc) is 3.32. The van der Waals surface area contributed by atoms with Crippen LogP contribution >= 0.6 is 0 Å². The van der Waals surface area contributed by atoms with Crippen LogP contribution in [0.5, 0.6) is 0 Å². The molecule has 1 atom stereocenters. The minimum atomic E-state index is -4.10. The maximum absolute atomic E-state index is 14.5. The quantitative estimate of drug-likeness (QED) is 0.828. The zero-order chi connectivity index (χ0) is 16.8. The molecule has 0 aromatic heterocycles. The number of sulfonamides is 1. The van der Waals surface area contributed by atoms with E-state index in [1.165, 1.54) is 0 Å². The molecule has 0 aliphatic heterocycles. The van der Waals surface area contributed by atoms with E-state index in [1.807, 2.05) is 0 Å². The van der Waals surface area contributed by atoms with E-state index < -0.39 is 38.0 Å². The fraction of sp³-hybridized carbons (Fsp3) is 0.533. The van der Waals surface area contributed by atoms with Crippen molar-refractivity contribution in [3.05, 3.63) is 29.3 Å². The van der Waals surface area contributed by atoms with Crippen molar-refractivity contribution in [1.29, 1.82) is 0 Å². The molecule has 0 unspecified atom stereocenters. The molecule has 0 spiro atoms. The summed E-state index contributed by atoms with van der Waals surface area (Å²) in [6, 6.07) is 1.24. The number of nitrogens with one attached hydrogen (secondary N) is 2. The van der Waals surface area contributed by atoms with Crippen molar-refractivity contribution in [2.24, 2.45) is 5.92 Å². The topological polar surface area (TPSA) is 75.3 Å². The predicted octanol–water partition coefficient (Wildman–Crippen LogP) is 1.93. The molecule has 2 aliphatic rings. The smallest absolute Gasteiger partial charge is 0.257 e. The first-order chi connectivity index (χ1) is 10.8. The molecular weight excluding hydrogens is 326 g/mol. The standard InChI is InChI=1S/C15H18F2N2O3S/c1-8(9-2-3-9)18-15(20)13-11(16)6-7-12(14(13)17)23(21,22)19-10-4-5-10/h6-10,19H,2-5H2,1H3,(H,18,20)/t8-/m0/s1. The third-order valence-corrected chi connectivity index (χ3v) is 5.70. The molecule has 1 aromatic carbocycles. The van der Waals surface area contributed by atoms with Crippen molar-refractivity contribution >= 4 is 15.9 Å². The first-order valence-electron chi connectivity index (χ1n) is 7.61. The normalized spacial score (nSPS) is 19.4. The second-order valence-electron chi connectivity index (χ2n) is 6.23. The Bertz CT molecular complexity index is 743. The highest BCUT2D eigenvalue weighted by atomic mass is 32.2. The van der Waals surface area contributed by atoms with Gasteiger partial charge in [0.15, 0.2) is 5.82 Å². The number of carbonyl (C=O) groups excluding carboxylic acids is 1. The lowest BCUT2D eigenvalue weighted by Crippen LogP contribution is -2.35. The minimum Gasteiger partial charge on any atom is -0.349 e. The van der Waals surface area contributed by atoms with Crippen LogP contribution < -0.4 is 10.0 Å². The highest BCUT2D eigenvalue weighted by Gasteiger charge is 2.34. The Morgan fingerprint density at radius 1 is 1.22 bits per heavy atom. The Hall–Kier alpha value is -1.54. The molecule has 0 bridgehead atoms.